The molecular formula is C20H20N2O3. The van der Waals surface area contributed by atoms with Crippen molar-refractivity contribution in [2.45, 2.75) is 6.92 Å². The molecule has 1 N–H and O–H groups in total. The van der Waals surface area contributed by atoms with Crippen LogP contribution in [-0.4, -0.2) is 30.6 Å². The van der Waals surface area contributed by atoms with Crippen LogP contribution in [0.15, 0.2) is 60.8 Å². The van der Waals surface area contributed by atoms with Crippen LogP contribution < -0.4 is 14.8 Å². The number of pyridine rings is 1. The summed E-state index contributed by atoms with van der Waals surface area (Å²) in [7, 11) is 0. The lowest BCUT2D eigenvalue weighted by atomic mass is 10.2. The second-order valence-electron chi connectivity index (χ2n) is 5.63. The highest BCUT2D eigenvalue weighted by molar-refractivity contribution is 5.84. The van der Waals surface area contributed by atoms with E-state index in [0.29, 0.717) is 24.7 Å². The van der Waals surface area contributed by atoms with Crippen molar-refractivity contribution in [2.75, 3.05) is 19.8 Å². The maximum absolute atomic E-state index is 11.8. The SMILES string of the molecule is Cc1cccc(OCC(=O)NCCOc2cccc3cccnc23)c1. The predicted molar refractivity (Wildman–Crippen MR) is 96.9 cm³/mol. The fraction of sp³-hybridized carbons (Fsp3) is 0.200. The van der Waals surface area contributed by atoms with E-state index in [1.54, 1.807) is 6.20 Å². The van der Waals surface area contributed by atoms with E-state index < -0.39 is 0 Å². The van der Waals surface area contributed by atoms with Gasteiger partial charge < -0.3 is 14.8 Å². The standard InChI is InChI=1S/C20H20N2O3/c1-15-5-2-8-17(13-15)25-14-19(23)21-11-12-24-18-9-3-6-16-7-4-10-22-20(16)18/h2-10,13H,11-12,14H2,1H3,(H,21,23). The predicted octanol–water partition coefficient (Wildman–Crippen LogP) is 3.12. The maximum atomic E-state index is 11.8. The highest BCUT2D eigenvalue weighted by Crippen LogP contribution is 2.22. The van der Waals surface area contributed by atoms with Crippen molar-refractivity contribution in [1.29, 1.82) is 0 Å². The zero-order valence-corrected chi connectivity index (χ0v) is 14.1. The number of para-hydroxylation sites is 1. The molecule has 128 valence electrons. The number of carbonyl (C=O) groups excluding carboxylic acids is 1. The van der Waals surface area contributed by atoms with Crippen LogP contribution in [0.25, 0.3) is 10.9 Å². The van der Waals surface area contributed by atoms with E-state index in [0.717, 1.165) is 16.5 Å². The lowest BCUT2D eigenvalue weighted by molar-refractivity contribution is -0.123. The zero-order valence-electron chi connectivity index (χ0n) is 14.1. The number of hydrogen-bond acceptors (Lipinski definition) is 4. The Bertz CT molecular complexity index is 859. The Morgan fingerprint density at radius 1 is 1.08 bits per heavy atom. The van der Waals surface area contributed by atoms with E-state index in [1.165, 1.54) is 0 Å². The minimum atomic E-state index is -0.179. The summed E-state index contributed by atoms with van der Waals surface area (Å²) in [6.07, 6.45) is 1.74. The summed E-state index contributed by atoms with van der Waals surface area (Å²) in [5.74, 6) is 1.22. The molecule has 5 heteroatoms. The number of aromatic nitrogens is 1. The van der Waals surface area contributed by atoms with Gasteiger partial charge in [0.05, 0.1) is 6.54 Å². The van der Waals surface area contributed by atoms with Gasteiger partial charge in [-0.3, -0.25) is 9.78 Å². The average Bonchev–Trinajstić information content (AvgIpc) is 2.64. The van der Waals surface area contributed by atoms with Crippen molar-refractivity contribution in [3.05, 3.63) is 66.4 Å². The second kappa shape index (κ2) is 8.15. The van der Waals surface area contributed by atoms with Crippen LogP contribution in [0.5, 0.6) is 11.5 Å². The number of hydrogen-bond donors (Lipinski definition) is 1. The first-order chi connectivity index (χ1) is 12.2. The number of benzene rings is 2. The van der Waals surface area contributed by atoms with Crippen LogP contribution in [0, 0.1) is 6.92 Å². The fourth-order valence-corrected chi connectivity index (χ4v) is 2.45. The van der Waals surface area contributed by atoms with E-state index in [1.807, 2.05) is 61.5 Å². The first-order valence-electron chi connectivity index (χ1n) is 8.15. The molecule has 0 atom stereocenters. The molecular weight excluding hydrogens is 316 g/mol. The molecule has 0 radical (unpaired) electrons. The molecule has 0 spiro atoms. The first kappa shape index (κ1) is 16.8. The third-order valence-corrected chi connectivity index (χ3v) is 3.64. The molecule has 2 aromatic carbocycles. The van der Waals surface area contributed by atoms with Gasteiger partial charge in [-0.15, -0.1) is 0 Å². The quantitative estimate of drug-likeness (QED) is 0.674. The van der Waals surface area contributed by atoms with Crippen molar-refractivity contribution in [1.82, 2.24) is 10.3 Å². The summed E-state index contributed by atoms with van der Waals surface area (Å²) in [5.41, 5.74) is 1.91. The van der Waals surface area contributed by atoms with Gasteiger partial charge in [0.25, 0.3) is 5.91 Å². The van der Waals surface area contributed by atoms with Crippen molar-refractivity contribution in [3.63, 3.8) is 0 Å². The highest BCUT2D eigenvalue weighted by atomic mass is 16.5. The number of aryl methyl sites for hydroxylation is 1. The van der Waals surface area contributed by atoms with Crippen LogP contribution in [-0.2, 0) is 4.79 Å². The molecule has 25 heavy (non-hydrogen) atoms. The van der Waals surface area contributed by atoms with E-state index in [9.17, 15) is 4.79 Å². The van der Waals surface area contributed by atoms with Crippen molar-refractivity contribution in [3.8, 4) is 11.5 Å². The molecule has 1 aromatic heterocycles. The minimum Gasteiger partial charge on any atom is -0.489 e. The molecule has 0 bridgehead atoms. The molecule has 3 aromatic rings. The second-order valence-corrected chi connectivity index (χ2v) is 5.63. The monoisotopic (exact) mass is 336 g/mol. The molecule has 0 aliphatic carbocycles. The van der Waals surface area contributed by atoms with E-state index >= 15 is 0 Å². The molecule has 0 unspecified atom stereocenters. The number of nitrogens with zero attached hydrogens (tertiary/aromatic N) is 1. The van der Waals surface area contributed by atoms with Crippen LogP contribution in [0.1, 0.15) is 5.56 Å². The summed E-state index contributed by atoms with van der Waals surface area (Å²) in [6, 6.07) is 17.3. The Hall–Kier alpha value is -3.08. The van der Waals surface area contributed by atoms with Gasteiger partial charge in [-0.05, 0) is 36.8 Å². The molecule has 1 heterocycles. The highest BCUT2D eigenvalue weighted by Gasteiger charge is 2.05. The summed E-state index contributed by atoms with van der Waals surface area (Å²) in [5, 5.41) is 3.80. The van der Waals surface area contributed by atoms with Crippen molar-refractivity contribution in [2.24, 2.45) is 0 Å². The topological polar surface area (TPSA) is 60.5 Å². The Morgan fingerprint density at radius 3 is 2.80 bits per heavy atom. The van der Waals surface area contributed by atoms with Crippen LogP contribution >= 0.6 is 0 Å². The van der Waals surface area contributed by atoms with E-state index in [-0.39, 0.29) is 12.5 Å². The van der Waals surface area contributed by atoms with Gasteiger partial charge in [-0.1, -0.05) is 30.3 Å². The Kier molecular flexibility index (Phi) is 5.46. The number of nitrogens with one attached hydrogen (secondary N) is 1. The molecule has 3 rings (SSSR count). The number of carbonyl (C=O) groups is 1. The lowest BCUT2D eigenvalue weighted by Gasteiger charge is -2.10. The van der Waals surface area contributed by atoms with E-state index in [2.05, 4.69) is 10.3 Å². The summed E-state index contributed by atoms with van der Waals surface area (Å²) >= 11 is 0. The first-order valence-corrected chi connectivity index (χ1v) is 8.15. The molecule has 5 nitrogen and oxygen atoms in total. The van der Waals surface area contributed by atoms with Gasteiger partial charge in [0.15, 0.2) is 6.61 Å². The van der Waals surface area contributed by atoms with Crippen LogP contribution in [0.2, 0.25) is 0 Å². The number of fused-ring (bicyclic) bond motifs is 1. The molecule has 0 fully saturated rings. The van der Waals surface area contributed by atoms with Gasteiger partial charge in [0.2, 0.25) is 0 Å². The number of ether oxygens (including phenoxy) is 2. The summed E-state index contributed by atoms with van der Waals surface area (Å²) in [4.78, 5) is 16.2. The van der Waals surface area contributed by atoms with Crippen LogP contribution in [0.4, 0.5) is 0 Å². The third-order valence-electron chi connectivity index (χ3n) is 3.64. The minimum absolute atomic E-state index is 0.0146. The van der Waals surface area contributed by atoms with Gasteiger partial charge in [0.1, 0.15) is 23.6 Å². The Morgan fingerprint density at radius 2 is 1.92 bits per heavy atom. The smallest absolute Gasteiger partial charge is 0.258 e. The van der Waals surface area contributed by atoms with Gasteiger partial charge in [0, 0.05) is 11.6 Å². The number of rotatable bonds is 7. The van der Waals surface area contributed by atoms with E-state index in [4.69, 9.17) is 9.47 Å². The van der Waals surface area contributed by atoms with Crippen molar-refractivity contribution >= 4 is 16.8 Å². The molecule has 1 amide bonds. The largest absolute Gasteiger partial charge is 0.489 e. The Balaban J connectivity index is 1.42. The Labute approximate surface area is 146 Å². The third kappa shape index (κ3) is 4.70. The average molecular weight is 336 g/mol. The zero-order chi connectivity index (χ0) is 17.5. The van der Waals surface area contributed by atoms with Crippen LogP contribution in [0.3, 0.4) is 0 Å². The molecule has 0 aliphatic rings. The van der Waals surface area contributed by atoms with Crippen molar-refractivity contribution < 1.29 is 14.3 Å². The van der Waals surface area contributed by atoms with Gasteiger partial charge in [-0.2, -0.15) is 0 Å². The fourth-order valence-electron chi connectivity index (χ4n) is 2.45. The molecule has 0 saturated heterocycles. The number of amides is 1. The van der Waals surface area contributed by atoms with Gasteiger partial charge in [-0.25, -0.2) is 0 Å². The normalized spacial score (nSPS) is 10.4. The maximum Gasteiger partial charge on any atom is 0.258 e. The summed E-state index contributed by atoms with van der Waals surface area (Å²) in [6.45, 7) is 2.73. The molecule has 0 aliphatic heterocycles. The molecule has 0 saturated carbocycles. The van der Waals surface area contributed by atoms with Gasteiger partial charge >= 0.3 is 0 Å². The lowest BCUT2D eigenvalue weighted by Crippen LogP contribution is -2.32. The summed E-state index contributed by atoms with van der Waals surface area (Å²) < 4.78 is 11.2.